The van der Waals surface area contributed by atoms with Gasteiger partial charge in [-0.1, -0.05) is 30.3 Å². The number of rotatable bonds is 7. The molecule has 2 amide bonds. The number of carbonyl (C=O) groups is 2. The van der Waals surface area contributed by atoms with E-state index >= 15 is 0 Å². The van der Waals surface area contributed by atoms with E-state index in [9.17, 15) is 18.0 Å². The Morgan fingerprint density at radius 1 is 0.867 bits per heavy atom. The first-order chi connectivity index (χ1) is 14.3. The summed E-state index contributed by atoms with van der Waals surface area (Å²) in [6.07, 6.45) is 0. The van der Waals surface area contributed by atoms with Gasteiger partial charge in [-0.05, 0) is 54.1 Å². The van der Waals surface area contributed by atoms with Gasteiger partial charge in [-0.25, -0.2) is 8.42 Å². The van der Waals surface area contributed by atoms with Gasteiger partial charge in [0.1, 0.15) is 0 Å². The molecule has 3 aromatic rings. The summed E-state index contributed by atoms with van der Waals surface area (Å²) in [4.78, 5) is 23.7. The molecule has 0 bridgehead atoms. The molecule has 3 rings (SSSR count). The number of carbonyl (C=O) groups excluding carboxylic acids is 2. The predicted octanol–water partition coefficient (Wildman–Crippen LogP) is 2.86. The Kier molecular flexibility index (Phi) is 6.29. The summed E-state index contributed by atoms with van der Waals surface area (Å²) in [5.41, 5.74) is 7.25. The molecule has 0 heterocycles. The molecule has 0 spiro atoms. The normalized spacial score (nSPS) is 11.3. The highest BCUT2D eigenvalue weighted by atomic mass is 32.2. The van der Waals surface area contributed by atoms with Gasteiger partial charge in [0.25, 0.3) is 5.91 Å². The highest BCUT2D eigenvalue weighted by Gasteiger charge is 2.20. The third-order valence-electron chi connectivity index (χ3n) is 4.50. The minimum Gasteiger partial charge on any atom is -0.366 e. The zero-order valence-electron chi connectivity index (χ0n) is 16.3. The molecule has 0 unspecified atom stereocenters. The lowest BCUT2D eigenvalue weighted by Gasteiger charge is -2.17. The van der Waals surface area contributed by atoms with Crippen molar-refractivity contribution in [3.8, 4) is 0 Å². The summed E-state index contributed by atoms with van der Waals surface area (Å²) >= 11 is 0. The molecule has 0 radical (unpaired) electrons. The Hall–Kier alpha value is -3.49. The summed E-state index contributed by atoms with van der Waals surface area (Å²) in [5, 5.41) is 2.73. The zero-order valence-corrected chi connectivity index (χ0v) is 17.1. The average Bonchev–Trinajstić information content (AvgIpc) is 2.75. The van der Waals surface area contributed by atoms with Crippen LogP contribution in [0.2, 0.25) is 0 Å². The second-order valence-corrected chi connectivity index (χ2v) is 8.71. The molecular weight excluding hydrogens is 402 g/mol. The molecule has 0 aliphatic rings. The lowest BCUT2D eigenvalue weighted by molar-refractivity contribution is 0.0998. The van der Waals surface area contributed by atoms with E-state index in [2.05, 4.69) is 5.32 Å². The van der Waals surface area contributed by atoms with Gasteiger partial charge in [0.2, 0.25) is 15.9 Å². The quantitative estimate of drug-likeness (QED) is 0.609. The summed E-state index contributed by atoms with van der Waals surface area (Å²) in [6.45, 7) is 0.174. The highest BCUT2D eigenvalue weighted by Crippen LogP contribution is 2.17. The SMILES string of the molecule is CN(Cc1ccc(C(=O)Nc2ccc(C(N)=O)cc2)cc1)S(=O)(=O)c1ccccc1. The minimum atomic E-state index is -3.59. The van der Waals surface area contributed by atoms with E-state index in [1.165, 1.54) is 23.5 Å². The third kappa shape index (κ3) is 4.91. The fourth-order valence-corrected chi connectivity index (χ4v) is 3.98. The van der Waals surface area contributed by atoms with Gasteiger partial charge < -0.3 is 11.1 Å². The van der Waals surface area contributed by atoms with Crippen LogP contribution in [0, 0.1) is 0 Å². The summed E-state index contributed by atoms with van der Waals surface area (Å²) in [6, 6.07) is 21.1. The van der Waals surface area contributed by atoms with Crippen LogP contribution in [0.25, 0.3) is 0 Å². The lowest BCUT2D eigenvalue weighted by atomic mass is 10.1. The Morgan fingerprint density at radius 3 is 2.00 bits per heavy atom. The number of benzene rings is 3. The molecule has 0 atom stereocenters. The van der Waals surface area contributed by atoms with Gasteiger partial charge in [-0.15, -0.1) is 0 Å². The molecule has 8 heteroatoms. The van der Waals surface area contributed by atoms with E-state index in [1.807, 2.05) is 0 Å². The van der Waals surface area contributed by atoms with Crippen LogP contribution >= 0.6 is 0 Å². The van der Waals surface area contributed by atoms with Gasteiger partial charge in [-0.3, -0.25) is 9.59 Å². The second kappa shape index (κ2) is 8.89. The molecule has 3 N–H and O–H groups in total. The molecule has 0 saturated carbocycles. The van der Waals surface area contributed by atoms with Crippen molar-refractivity contribution in [2.45, 2.75) is 11.4 Å². The largest absolute Gasteiger partial charge is 0.366 e. The number of sulfonamides is 1. The van der Waals surface area contributed by atoms with Crippen molar-refractivity contribution in [2.24, 2.45) is 5.73 Å². The maximum absolute atomic E-state index is 12.6. The van der Waals surface area contributed by atoms with E-state index in [1.54, 1.807) is 66.7 Å². The van der Waals surface area contributed by atoms with Gasteiger partial charge >= 0.3 is 0 Å². The molecule has 3 aromatic carbocycles. The van der Waals surface area contributed by atoms with Gasteiger partial charge in [-0.2, -0.15) is 4.31 Å². The van der Waals surface area contributed by atoms with E-state index in [-0.39, 0.29) is 17.3 Å². The van der Waals surface area contributed by atoms with Crippen LogP contribution in [-0.4, -0.2) is 31.6 Å². The van der Waals surface area contributed by atoms with Crippen molar-refractivity contribution < 1.29 is 18.0 Å². The Morgan fingerprint density at radius 2 is 1.43 bits per heavy atom. The molecule has 0 aliphatic carbocycles. The molecule has 30 heavy (non-hydrogen) atoms. The average molecular weight is 423 g/mol. The molecule has 0 saturated heterocycles. The maximum Gasteiger partial charge on any atom is 0.255 e. The van der Waals surface area contributed by atoms with Crippen molar-refractivity contribution in [3.63, 3.8) is 0 Å². The fraction of sp³-hybridized carbons (Fsp3) is 0.0909. The zero-order chi connectivity index (χ0) is 21.7. The van der Waals surface area contributed by atoms with E-state index in [0.717, 1.165) is 5.56 Å². The first-order valence-electron chi connectivity index (χ1n) is 9.09. The van der Waals surface area contributed by atoms with Gasteiger partial charge in [0, 0.05) is 30.4 Å². The monoisotopic (exact) mass is 423 g/mol. The van der Waals surface area contributed by atoms with E-state index < -0.39 is 15.9 Å². The van der Waals surface area contributed by atoms with E-state index in [0.29, 0.717) is 16.8 Å². The Bertz CT molecular complexity index is 1140. The summed E-state index contributed by atoms with van der Waals surface area (Å²) in [7, 11) is -2.08. The number of amides is 2. The van der Waals surface area contributed by atoms with Crippen molar-refractivity contribution in [2.75, 3.05) is 12.4 Å². The number of hydrogen-bond acceptors (Lipinski definition) is 4. The molecule has 0 fully saturated rings. The summed E-state index contributed by atoms with van der Waals surface area (Å²) in [5.74, 6) is -0.860. The van der Waals surface area contributed by atoms with Crippen LogP contribution < -0.4 is 11.1 Å². The summed E-state index contributed by atoms with van der Waals surface area (Å²) < 4.78 is 26.5. The molecule has 0 aliphatic heterocycles. The van der Waals surface area contributed by atoms with Crippen LogP contribution in [0.1, 0.15) is 26.3 Å². The molecular formula is C22H21N3O4S. The molecule has 154 valence electrons. The van der Waals surface area contributed by atoms with Crippen LogP contribution in [0.3, 0.4) is 0 Å². The van der Waals surface area contributed by atoms with Crippen LogP contribution in [0.5, 0.6) is 0 Å². The Balaban J connectivity index is 1.65. The minimum absolute atomic E-state index is 0.174. The topological polar surface area (TPSA) is 110 Å². The van der Waals surface area contributed by atoms with Crippen LogP contribution in [-0.2, 0) is 16.6 Å². The number of nitrogens with one attached hydrogen (secondary N) is 1. The van der Waals surface area contributed by atoms with Crippen LogP contribution in [0.15, 0.2) is 83.8 Å². The van der Waals surface area contributed by atoms with E-state index in [4.69, 9.17) is 5.73 Å². The predicted molar refractivity (Wildman–Crippen MR) is 114 cm³/mol. The highest BCUT2D eigenvalue weighted by molar-refractivity contribution is 7.89. The number of hydrogen-bond donors (Lipinski definition) is 2. The maximum atomic E-state index is 12.6. The fourth-order valence-electron chi connectivity index (χ4n) is 2.80. The first-order valence-corrected chi connectivity index (χ1v) is 10.5. The molecule has 7 nitrogen and oxygen atoms in total. The third-order valence-corrected chi connectivity index (χ3v) is 6.32. The lowest BCUT2D eigenvalue weighted by Crippen LogP contribution is -2.26. The van der Waals surface area contributed by atoms with Gasteiger partial charge in [0.05, 0.1) is 4.90 Å². The number of nitrogens with two attached hydrogens (primary N) is 1. The van der Waals surface area contributed by atoms with Crippen molar-refractivity contribution in [1.82, 2.24) is 4.31 Å². The Labute approximate surface area is 175 Å². The van der Waals surface area contributed by atoms with Gasteiger partial charge in [0.15, 0.2) is 0 Å². The number of primary amides is 1. The smallest absolute Gasteiger partial charge is 0.255 e. The van der Waals surface area contributed by atoms with Crippen LogP contribution in [0.4, 0.5) is 5.69 Å². The first kappa shape index (κ1) is 21.2. The second-order valence-electron chi connectivity index (χ2n) is 6.67. The van der Waals surface area contributed by atoms with Crippen molar-refractivity contribution >= 4 is 27.5 Å². The van der Waals surface area contributed by atoms with Crippen molar-refractivity contribution in [3.05, 3.63) is 95.6 Å². The number of anilines is 1. The number of nitrogens with zero attached hydrogens (tertiary/aromatic N) is 1. The standard InChI is InChI=1S/C22H21N3O4S/c1-25(30(28,29)20-5-3-2-4-6-20)15-16-7-9-18(10-8-16)22(27)24-19-13-11-17(12-14-19)21(23)26/h2-14H,15H2,1H3,(H2,23,26)(H,24,27). The molecule has 0 aromatic heterocycles. The van der Waals surface area contributed by atoms with Crippen molar-refractivity contribution in [1.29, 1.82) is 0 Å².